The minimum atomic E-state index is -1.11. The van der Waals surface area contributed by atoms with E-state index in [0.717, 1.165) is 5.57 Å². The minimum absolute atomic E-state index is 0.00575. The number of likely N-dealkylation sites (tertiary alicyclic amines) is 1. The first-order valence-electron chi connectivity index (χ1n) is 13.1. The third-order valence-electron chi connectivity index (χ3n) is 6.41. The van der Waals surface area contributed by atoms with Gasteiger partial charge in [-0.1, -0.05) is 40.7 Å². The lowest BCUT2D eigenvalue weighted by Gasteiger charge is -2.31. The molecule has 11 heteroatoms. The number of aliphatic carboxylic acids is 1. The SMILES string of the molecule is C/C=C1/CN(C(=O)[C@H](CCCCN=C(N)N)NC(=O)CC(C)C)[C@@H](C(=O)N[C@@H](CC(C)C)C(=O)O)[C@@H]1C. The second-order valence-electron chi connectivity index (χ2n) is 10.6. The lowest BCUT2D eigenvalue weighted by atomic mass is 9.96. The van der Waals surface area contributed by atoms with E-state index in [0.29, 0.717) is 25.8 Å². The molecular weight excluding hydrogens is 476 g/mol. The van der Waals surface area contributed by atoms with E-state index in [1.54, 1.807) is 0 Å². The van der Waals surface area contributed by atoms with Crippen molar-refractivity contribution in [3.05, 3.63) is 11.6 Å². The van der Waals surface area contributed by atoms with E-state index >= 15 is 0 Å². The third-order valence-corrected chi connectivity index (χ3v) is 6.41. The van der Waals surface area contributed by atoms with E-state index in [-0.39, 0.29) is 54.9 Å². The number of nitrogens with two attached hydrogens (primary N) is 2. The number of unbranched alkanes of at least 4 members (excludes halogenated alkanes) is 1. The molecule has 37 heavy (non-hydrogen) atoms. The molecule has 210 valence electrons. The molecule has 1 heterocycles. The Labute approximate surface area is 220 Å². The molecule has 3 amide bonds. The number of aliphatic imine (C=N–C) groups is 1. The van der Waals surface area contributed by atoms with Gasteiger partial charge in [-0.25, -0.2) is 4.79 Å². The molecule has 0 aliphatic carbocycles. The van der Waals surface area contributed by atoms with Crippen molar-refractivity contribution >= 4 is 29.7 Å². The lowest BCUT2D eigenvalue weighted by Crippen LogP contribution is -2.56. The summed E-state index contributed by atoms with van der Waals surface area (Å²) < 4.78 is 0. The van der Waals surface area contributed by atoms with Crippen molar-refractivity contribution in [2.75, 3.05) is 13.1 Å². The quantitative estimate of drug-likeness (QED) is 0.0988. The molecule has 11 nitrogen and oxygen atoms in total. The van der Waals surface area contributed by atoms with E-state index in [4.69, 9.17) is 11.5 Å². The Morgan fingerprint density at radius 3 is 2.24 bits per heavy atom. The molecule has 1 aliphatic heterocycles. The summed E-state index contributed by atoms with van der Waals surface area (Å²) in [5, 5.41) is 15.1. The van der Waals surface area contributed by atoms with Gasteiger partial charge in [-0.15, -0.1) is 0 Å². The topological polar surface area (TPSA) is 180 Å². The highest BCUT2D eigenvalue weighted by Gasteiger charge is 2.44. The zero-order chi connectivity index (χ0) is 28.3. The number of rotatable bonds is 14. The van der Waals surface area contributed by atoms with Gasteiger partial charge in [-0.3, -0.25) is 19.4 Å². The van der Waals surface area contributed by atoms with E-state index in [1.807, 2.05) is 47.6 Å². The van der Waals surface area contributed by atoms with Crippen LogP contribution in [-0.4, -0.2) is 70.9 Å². The number of amides is 3. The maximum absolute atomic E-state index is 13.8. The van der Waals surface area contributed by atoms with Crippen molar-refractivity contribution in [2.24, 2.45) is 34.2 Å². The summed E-state index contributed by atoms with van der Waals surface area (Å²) in [5.41, 5.74) is 11.6. The molecule has 0 radical (unpaired) electrons. The minimum Gasteiger partial charge on any atom is -0.480 e. The van der Waals surface area contributed by atoms with E-state index in [9.17, 15) is 24.3 Å². The Morgan fingerprint density at radius 1 is 1.08 bits per heavy atom. The second-order valence-corrected chi connectivity index (χ2v) is 10.6. The molecule has 1 aliphatic rings. The number of hydrogen-bond acceptors (Lipinski definition) is 5. The van der Waals surface area contributed by atoms with Crippen LogP contribution in [0.25, 0.3) is 0 Å². The average molecular weight is 523 g/mol. The first kappa shape index (κ1) is 31.9. The van der Waals surface area contributed by atoms with Crippen molar-refractivity contribution in [1.29, 1.82) is 0 Å². The van der Waals surface area contributed by atoms with Crippen LogP contribution < -0.4 is 22.1 Å². The van der Waals surface area contributed by atoms with Crippen molar-refractivity contribution in [3.63, 3.8) is 0 Å². The Kier molecular flexibility index (Phi) is 13.1. The lowest BCUT2D eigenvalue weighted by molar-refractivity contribution is -0.145. The van der Waals surface area contributed by atoms with Crippen LogP contribution in [0, 0.1) is 17.8 Å². The fourth-order valence-corrected chi connectivity index (χ4v) is 4.55. The largest absolute Gasteiger partial charge is 0.480 e. The van der Waals surface area contributed by atoms with Crippen LogP contribution in [0.2, 0.25) is 0 Å². The molecule has 0 bridgehead atoms. The summed E-state index contributed by atoms with van der Waals surface area (Å²) in [4.78, 5) is 56.9. The molecule has 0 saturated carbocycles. The van der Waals surface area contributed by atoms with Gasteiger partial charge in [0.1, 0.15) is 18.1 Å². The Hall–Kier alpha value is -3.11. The van der Waals surface area contributed by atoms with Crippen molar-refractivity contribution in [3.8, 4) is 0 Å². The second kappa shape index (κ2) is 15.2. The average Bonchev–Trinajstić information content (AvgIpc) is 3.12. The molecular formula is C26H46N6O5. The molecule has 0 aromatic heterocycles. The Bertz CT molecular complexity index is 866. The standard InChI is InChI=1S/C26H46N6O5/c1-7-18-14-32(22(17(18)6)23(34)31-20(25(36)37)12-15(2)3)24(35)19(30-21(33)13-16(4)5)10-8-9-11-29-26(27)28/h7,15-17,19-20,22H,8-14H2,1-6H3,(H,30,33)(H,31,34)(H,36,37)(H4,27,28,29)/b18-7-/t17-,19+,20+,22-/m1/s1. The van der Waals surface area contributed by atoms with Gasteiger partial charge in [0, 0.05) is 25.4 Å². The van der Waals surface area contributed by atoms with Crippen molar-refractivity contribution in [1.82, 2.24) is 15.5 Å². The van der Waals surface area contributed by atoms with E-state index in [2.05, 4.69) is 15.6 Å². The number of carboxylic acid groups (broad SMARTS) is 1. The van der Waals surface area contributed by atoms with Gasteiger partial charge in [0.15, 0.2) is 5.96 Å². The molecule has 0 aromatic carbocycles. The van der Waals surface area contributed by atoms with Gasteiger partial charge in [-0.2, -0.15) is 0 Å². The fourth-order valence-electron chi connectivity index (χ4n) is 4.55. The number of nitrogens with one attached hydrogen (secondary N) is 2. The first-order chi connectivity index (χ1) is 17.3. The summed E-state index contributed by atoms with van der Waals surface area (Å²) in [6, 6.07) is -2.75. The highest BCUT2D eigenvalue weighted by Crippen LogP contribution is 2.30. The van der Waals surface area contributed by atoms with Gasteiger partial charge in [0.05, 0.1) is 0 Å². The molecule has 0 spiro atoms. The number of nitrogens with zero attached hydrogens (tertiary/aromatic N) is 2. The number of carbonyl (C=O) groups excluding carboxylic acids is 3. The highest BCUT2D eigenvalue weighted by molar-refractivity contribution is 5.94. The maximum atomic E-state index is 13.8. The molecule has 1 rings (SSSR count). The van der Waals surface area contributed by atoms with Crippen LogP contribution in [0.4, 0.5) is 0 Å². The predicted octanol–water partition coefficient (Wildman–Crippen LogP) is 1.37. The van der Waals surface area contributed by atoms with Gasteiger partial charge in [0.25, 0.3) is 0 Å². The van der Waals surface area contributed by atoms with Crippen LogP contribution in [0.3, 0.4) is 0 Å². The van der Waals surface area contributed by atoms with Gasteiger partial charge in [0.2, 0.25) is 17.7 Å². The summed E-state index contributed by atoms with van der Waals surface area (Å²) in [6.45, 7) is 11.9. The van der Waals surface area contributed by atoms with Gasteiger partial charge < -0.3 is 32.1 Å². The molecule has 7 N–H and O–H groups in total. The summed E-state index contributed by atoms with van der Waals surface area (Å²) in [5.74, 6) is -2.34. The van der Waals surface area contributed by atoms with E-state index in [1.165, 1.54) is 4.90 Å². The highest BCUT2D eigenvalue weighted by atomic mass is 16.4. The number of hydrogen-bond donors (Lipinski definition) is 5. The normalized spacial score (nSPS) is 20.1. The predicted molar refractivity (Wildman–Crippen MR) is 143 cm³/mol. The zero-order valence-corrected chi connectivity index (χ0v) is 23.1. The van der Waals surface area contributed by atoms with Crippen LogP contribution >= 0.6 is 0 Å². The van der Waals surface area contributed by atoms with Crippen molar-refractivity contribution < 1.29 is 24.3 Å². The number of carboxylic acids is 1. The molecule has 4 atom stereocenters. The van der Waals surface area contributed by atoms with E-state index < -0.39 is 30.0 Å². The van der Waals surface area contributed by atoms with Gasteiger partial charge >= 0.3 is 5.97 Å². The molecule has 1 fully saturated rings. The number of carbonyl (C=O) groups is 4. The summed E-state index contributed by atoms with van der Waals surface area (Å²) >= 11 is 0. The van der Waals surface area contributed by atoms with Crippen LogP contribution in [0.1, 0.15) is 73.6 Å². The monoisotopic (exact) mass is 522 g/mol. The van der Waals surface area contributed by atoms with Gasteiger partial charge in [-0.05, 0) is 50.0 Å². The number of guanidine groups is 1. The summed E-state index contributed by atoms with van der Waals surface area (Å²) in [6.07, 6.45) is 3.99. The van der Waals surface area contributed by atoms with Crippen molar-refractivity contribution in [2.45, 2.75) is 91.8 Å². The zero-order valence-electron chi connectivity index (χ0n) is 23.1. The molecule has 1 saturated heterocycles. The van der Waals surface area contributed by atoms with Crippen LogP contribution in [-0.2, 0) is 19.2 Å². The summed E-state index contributed by atoms with van der Waals surface area (Å²) in [7, 11) is 0. The Balaban J connectivity index is 3.17. The first-order valence-corrected chi connectivity index (χ1v) is 13.1. The van der Waals surface area contributed by atoms with Crippen LogP contribution in [0.15, 0.2) is 16.6 Å². The number of allylic oxidation sites excluding steroid dienone is 1. The Morgan fingerprint density at radius 2 is 1.73 bits per heavy atom. The molecule has 0 aromatic rings. The maximum Gasteiger partial charge on any atom is 0.326 e. The fraction of sp³-hybridized carbons (Fsp3) is 0.731. The van der Waals surface area contributed by atoms with Crippen LogP contribution in [0.5, 0.6) is 0 Å². The third kappa shape index (κ3) is 10.4. The smallest absolute Gasteiger partial charge is 0.326 e. The molecule has 0 unspecified atom stereocenters.